The predicted octanol–water partition coefficient (Wildman–Crippen LogP) is 4.06. The molecule has 0 bridgehead atoms. The van der Waals surface area contributed by atoms with Gasteiger partial charge in [-0.3, -0.25) is 9.59 Å². The van der Waals surface area contributed by atoms with Crippen molar-refractivity contribution in [3.8, 4) is 17.0 Å². The topological polar surface area (TPSA) is 114 Å². The third-order valence-electron chi connectivity index (χ3n) is 7.16. The molecule has 2 fully saturated rings. The van der Waals surface area contributed by atoms with Crippen molar-refractivity contribution in [3.05, 3.63) is 54.1 Å². The Labute approximate surface area is 213 Å². The molecule has 1 aromatic carbocycles. The van der Waals surface area contributed by atoms with E-state index in [0.717, 1.165) is 12.8 Å². The first-order chi connectivity index (χ1) is 17.9. The molecule has 9 nitrogen and oxygen atoms in total. The Balaban J connectivity index is 1.29. The van der Waals surface area contributed by atoms with Gasteiger partial charge in [0.15, 0.2) is 0 Å². The van der Waals surface area contributed by atoms with E-state index in [2.05, 4.69) is 15.3 Å². The maximum absolute atomic E-state index is 15.2. The highest BCUT2D eigenvalue weighted by atomic mass is 19.1. The van der Waals surface area contributed by atoms with Gasteiger partial charge < -0.3 is 25.6 Å². The molecule has 3 N–H and O–H groups in total. The lowest BCUT2D eigenvalue weighted by molar-refractivity contribution is -0.118. The molecule has 3 aliphatic heterocycles. The summed E-state index contributed by atoms with van der Waals surface area (Å²) in [5.74, 6) is 0.584. The molecule has 2 aromatic heterocycles. The minimum Gasteiger partial charge on any atom is -0.474 e. The van der Waals surface area contributed by atoms with Crippen LogP contribution in [-0.4, -0.2) is 41.0 Å². The second-order valence-electron chi connectivity index (χ2n) is 9.70. The van der Waals surface area contributed by atoms with Crippen molar-refractivity contribution in [1.82, 2.24) is 9.97 Å². The van der Waals surface area contributed by atoms with Crippen LogP contribution >= 0.6 is 0 Å². The summed E-state index contributed by atoms with van der Waals surface area (Å²) in [6.07, 6.45) is 5.74. The molecule has 3 aliphatic rings. The van der Waals surface area contributed by atoms with Crippen molar-refractivity contribution in [2.24, 2.45) is 5.73 Å². The smallest absolute Gasteiger partial charge is 0.238 e. The first kappa shape index (κ1) is 23.4. The monoisotopic (exact) mass is 502 g/mol. The molecule has 190 valence electrons. The van der Waals surface area contributed by atoms with Crippen LogP contribution in [0.1, 0.15) is 44.2 Å². The number of nitrogens with two attached hydrogens (primary N) is 1. The van der Waals surface area contributed by atoms with Crippen LogP contribution in [0.3, 0.4) is 0 Å². The van der Waals surface area contributed by atoms with E-state index in [1.807, 2.05) is 13.0 Å². The number of fused-ring (bicyclic) bond motifs is 3. The van der Waals surface area contributed by atoms with E-state index < -0.39 is 11.9 Å². The van der Waals surface area contributed by atoms with Gasteiger partial charge in [0.25, 0.3) is 0 Å². The summed E-state index contributed by atoms with van der Waals surface area (Å²) in [4.78, 5) is 36.7. The number of benzene rings is 1. The molecule has 10 heteroatoms. The van der Waals surface area contributed by atoms with Gasteiger partial charge in [-0.25, -0.2) is 14.4 Å². The Morgan fingerprint density at radius 3 is 2.73 bits per heavy atom. The van der Waals surface area contributed by atoms with Crippen molar-refractivity contribution < 1.29 is 18.7 Å². The van der Waals surface area contributed by atoms with E-state index in [4.69, 9.17) is 10.5 Å². The van der Waals surface area contributed by atoms with E-state index in [9.17, 15) is 9.59 Å². The number of aromatic nitrogens is 2. The fourth-order valence-electron chi connectivity index (χ4n) is 5.30. The van der Waals surface area contributed by atoms with E-state index in [1.54, 1.807) is 40.4 Å². The third kappa shape index (κ3) is 4.17. The van der Waals surface area contributed by atoms with Crippen LogP contribution in [0.4, 0.5) is 27.3 Å². The molecule has 0 aliphatic carbocycles. The number of amides is 2. The molecular weight excluding hydrogens is 475 g/mol. The standard InChI is InChI=1S/C27H27FN6O3/c1-15(29)20-11-24(32-16-9-23-27(31-12-16)37-14-18-5-7-26(36)34(18)23)30-13-21(20)19-6-4-17(10-22(19)28)33-8-2-3-25(33)35/h4,6,9-13,15,18H,2-3,5,7-8,14,29H2,1H3,(H,30,32). The second kappa shape index (κ2) is 9.11. The molecule has 3 aromatic rings. The van der Waals surface area contributed by atoms with Gasteiger partial charge in [0.2, 0.25) is 17.7 Å². The molecular formula is C27H27FN6O3. The van der Waals surface area contributed by atoms with E-state index >= 15 is 4.39 Å². The number of nitrogens with one attached hydrogen (secondary N) is 1. The van der Waals surface area contributed by atoms with Crippen molar-refractivity contribution in [3.63, 3.8) is 0 Å². The van der Waals surface area contributed by atoms with Crippen molar-refractivity contribution in [2.75, 3.05) is 28.3 Å². The zero-order valence-electron chi connectivity index (χ0n) is 20.4. The Morgan fingerprint density at radius 1 is 1.11 bits per heavy atom. The molecule has 0 radical (unpaired) electrons. The van der Waals surface area contributed by atoms with Crippen LogP contribution in [0.2, 0.25) is 0 Å². The molecule has 0 spiro atoms. The minimum absolute atomic E-state index is 0.00774. The Hall–Kier alpha value is -4.05. The number of carbonyl (C=O) groups is 2. The lowest BCUT2D eigenvalue weighted by Crippen LogP contribution is -2.40. The summed E-state index contributed by atoms with van der Waals surface area (Å²) >= 11 is 0. The first-order valence-electron chi connectivity index (χ1n) is 12.5. The SMILES string of the molecule is CC(N)c1cc(Nc2cnc3c(c2)N2C(=O)CCC2CO3)ncc1-c1ccc(N2CCCC2=O)cc1F. The van der Waals surface area contributed by atoms with Crippen LogP contribution < -0.4 is 25.6 Å². The lowest BCUT2D eigenvalue weighted by Gasteiger charge is -2.31. The van der Waals surface area contributed by atoms with Gasteiger partial charge in [0.05, 0.1) is 17.9 Å². The first-order valence-corrected chi connectivity index (χ1v) is 12.5. The number of pyridine rings is 2. The fraction of sp³-hybridized carbons (Fsp3) is 0.333. The van der Waals surface area contributed by atoms with Gasteiger partial charge in [0, 0.05) is 48.4 Å². The Bertz CT molecular complexity index is 1410. The van der Waals surface area contributed by atoms with Crippen molar-refractivity contribution in [1.29, 1.82) is 0 Å². The lowest BCUT2D eigenvalue weighted by atomic mass is 9.97. The second-order valence-corrected chi connectivity index (χ2v) is 9.70. The maximum atomic E-state index is 15.2. The van der Waals surface area contributed by atoms with Gasteiger partial charge >= 0.3 is 0 Å². The summed E-state index contributed by atoms with van der Waals surface area (Å²) in [5.41, 5.74) is 9.78. The fourth-order valence-corrected chi connectivity index (χ4v) is 5.30. The quantitative estimate of drug-likeness (QED) is 0.541. The molecule has 2 amide bonds. The van der Waals surface area contributed by atoms with Crippen LogP contribution in [-0.2, 0) is 9.59 Å². The average molecular weight is 503 g/mol. The van der Waals surface area contributed by atoms with Gasteiger partial charge in [-0.15, -0.1) is 0 Å². The zero-order valence-corrected chi connectivity index (χ0v) is 20.4. The molecule has 0 saturated carbocycles. The van der Waals surface area contributed by atoms with Crippen LogP contribution in [0.15, 0.2) is 42.7 Å². The van der Waals surface area contributed by atoms with Gasteiger partial charge in [-0.05, 0) is 55.7 Å². The van der Waals surface area contributed by atoms with Gasteiger partial charge in [-0.2, -0.15) is 0 Å². The average Bonchev–Trinajstić information content (AvgIpc) is 3.49. The van der Waals surface area contributed by atoms with Crippen molar-refractivity contribution >= 4 is 34.7 Å². The van der Waals surface area contributed by atoms with E-state index in [0.29, 0.717) is 71.4 Å². The largest absolute Gasteiger partial charge is 0.474 e. The summed E-state index contributed by atoms with van der Waals surface area (Å²) < 4.78 is 21.0. The van der Waals surface area contributed by atoms with Gasteiger partial charge in [0.1, 0.15) is 23.9 Å². The van der Waals surface area contributed by atoms with Crippen LogP contribution in [0.25, 0.3) is 11.1 Å². The van der Waals surface area contributed by atoms with Gasteiger partial charge in [-0.1, -0.05) is 0 Å². The number of hydrogen-bond acceptors (Lipinski definition) is 7. The zero-order chi connectivity index (χ0) is 25.7. The molecule has 2 unspecified atom stereocenters. The summed E-state index contributed by atoms with van der Waals surface area (Å²) in [6.45, 7) is 2.88. The van der Waals surface area contributed by atoms with E-state index in [-0.39, 0.29) is 17.9 Å². The van der Waals surface area contributed by atoms with Crippen LogP contribution in [0, 0.1) is 5.82 Å². The number of hydrogen-bond donors (Lipinski definition) is 2. The number of nitrogens with zero attached hydrogens (tertiary/aromatic N) is 4. The highest BCUT2D eigenvalue weighted by Gasteiger charge is 2.38. The maximum Gasteiger partial charge on any atom is 0.238 e. The highest BCUT2D eigenvalue weighted by molar-refractivity contribution is 5.98. The number of ether oxygens (including phenoxy) is 1. The molecule has 5 heterocycles. The predicted molar refractivity (Wildman–Crippen MR) is 137 cm³/mol. The summed E-state index contributed by atoms with van der Waals surface area (Å²) in [6, 6.07) is 8.08. The molecule has 2 saturated heterocycles. The highest BCUT2D eigenvalue weighted by Crippen LogP contribution is 2.39. The number of rotatable bonds is 5. The molecule has 6 rings (SSSR count). The van der Waals surface area contributed by atoms with Crippen LogP contribution in [0.5, 0.6) is 5.88 Å². The third-order valence-corrected chi connectivity index (χ3v) is 7.16. The number of anilines is 4. The Kier molecular flexibility index (Phi) is 5.75. The van der Waals surface area contributed by atoms with E-state index in [1.165, 1.54) is 6.07 Å². The number of halogens is 1. The van der Waals surface area contributed by atoms with Crippen molar-refractivity contribution in [2.45, 2.75) is 44.7 Å². The Morgan fingerprint density at radius 2 is 1.97 bits per heavy atom. The summed E-state index contributed by atoms with van der Waals surface area (Å²) in [5, 5.41) is 3.23. The molecule has 2 atom stereocenters. The summed E-state index contributed by atoms with van der Waals surface area (Å²) in [7, 11) is 0. The molecule has 37 heavy (non-hydrogen) atoms. The normalized spacial score (nSPS) is 19.5. The minimum atomic E-state index is -0.440. The number of carbonyl (C=O) groups excluding carboxylic acids is 2.